The van der Waals surface area contributed by atoms with Gasteiger partial charge < -0.3 is 15.4 Å². The Kier molecular flexibility index (Phi) is 4.94. The van der Waals surface area contributed by atoms with E-state index in [1.54, 1.807) is 0 Å². The van der Waals surface area contributed by atoms with E-state index >= 15 is 0 Å². The lowest BCUT2D eigenvalue weighted by atomic mass is 10.1. The van der Waals surface area contributed by atoms with E-state index in [0.717, 1.165) is 19.3 Å². The minimum absolute atomic E-state index is 0.457. The zero-order chi connectivity index (χ0) is 13.8. The second-order valence-electron chi connectivity index (χ2n) is 4.01. The van der Waals surface area contributed by atoms with E-state index in [-0.39, 0.29) is 0 Å². The fraction of sp³-hybridized carbons (Fsp3) is 0.800. The molecule has 0 spiro atoms. The van der Waals surface area contributed by atoms with Crippen LogP contribution in [0.2, 0.25) is 0 Å². The molecule has 0 aromatic heterocycles. The van der Waals surface area contributed by atoms with Crippen LogP contribution in [0, 0.1) is 0 Å². The van der Waals surface area contributed by atoms with Gasteiger partial charge in [-0.1, -0.05) is 0 Å². The lowest BCUT2D eigenvalue weighted by Crippen LogP contribution is -2.48. The summed E-state index contributed by atoms with van der Waals surface area (Å²) < 4.78 is 40.1. The predicted molar refractivity (Wildman–Crippen MR) is 55.4 cm³/mol. The van der Waals surface area contributed by atoms with Gasteiger partial charge in [-0.3, -0.25) is 4.79 Å². The molecule has 1 amide bonds. The van der Waals surface area contributed by atoms with Gasteiger partial charge in [0.05, 0.1) is 0 Å². The number of hydrogen-bond donors (Lipinski definition) is 1. The lowest BCUT2D eigenvalue weighted by molar-refractivity contribution is -0.206. The normalized spacial score (nSPS) is 18.3. The van der Waals surface area contributed by atoms with Gasteiger partial charge in [0.25, 0.3) is 5.91 Å². The van der Waals surface area contributed by atoms with Crippen LogP contribution >= 0.6 is 0 Å². The highest BCUT2D eigenvalue weighted by Gasteiger charge is 2.43. The van der Waals surface area contributed by atoms with E-state index < -0.39 is 30.7 Å². The number of ether oxygens (including phenoxy) is 1. The van der Waals surface area contributed by atoms with Crippen molar-refractivity contribution in [3.63, 3.8) is 0 Å². The molecule has 1 aliphatic rings. The molecule has 0 aromatic rings. The molecule has 1 aliphatic heterocycles. The van der Waals surface area contributed by atoms with Crippen molar-refractivity contribution < 1.29 is 27.5 Å². The molecule has 1 fully saturated rings. The molecule has 0 radical (unpaired) electrons. The van der Waals surface area contributed by atoms with E-state index in [4.69, 9.17) is 5.73 Å². The second kappa shape index (κ2) is 6.03. The van der Waals surface area contributed by atoms with E-state index in [1.165, 1.54) is 4.90 Å². The smallest absolute Gasteiger partial charge is 0.444 e. The Bertz CT molecular complexity index is 314. The topological polar surface area (TPSA) is 72.6 Å². The maximum Gasteiger partial charge on any atom is 0.490 e. The van der Waals surface area contributed by atoms with Gasteiger partial charge in [-0.15, -0.1) is 0 Å². The first kappa shape index (κ1) is 14.7. The zero-order valence-corrected chi connectivity index (χ0v) is 9.70. The number of likely N-dealkylation sites (tertiary alicyclic amines) is 1. The van der Waals surface area contributed by atoms with Crippen LogP contribution < -0.4 is 5.73 Å². The van der Waals surface area contributed by atoms with Gasteiger partial charge >= 0.3 is 12.1 Å². The Balaban J connectivity index is 2.59. The van der Waals surface area contributed by atoms with Gasteiger partial charge in [0.1, 0.15) is 0 Å². The molecule has 5 nitrogen and oxygen atoms in total. The van der Waals surface area contributed by atoms with Crippen molar-refractivity contribution in [2.75, 3.05) is 19.6 Å². The fourth-order valence-corrected chi connectivity index (χ4v) is 1.71. The standard InChI is InChI=1S/C10H15F3N2O3/c11-10(12,13)9(17)18-7(6-14)8(16)15-4-2-1-3-5-15/h7H,1-6,14H2. The SMILES string of the molecule is NCC(OC(=O)C(F)(F)F)C(=O)N1CCCCC1. The molecule has 104 valence electrons. The third-order valence-electron chi connectivity index (χ3n) is 2.64. The molecule has 0 aromatic carbocycles. The van der Waals surface area contributed by atoms with Crippen molar-refractivity contribution in [1.29, 1.82) is 0 Å². The van der Waals surface area contributed by atoms with E-state index in [2.05, 4.69) is 4.74 Å². The van der Waals surface area contributed by atoms with Crippen molar-refractivity contribution >= 4 is 11.9 Å². The number of alkyl halides is 3. The molecule has 0 aliphatic carbocycles. The van der Waals surface area contributed by atoms with Gasteiger partial charge in [0.15, 0.2) is 6.10 Å². The first-order chi connectivity index (χ1) is 8.36. The summed E-state index contributed by atoms with van der Waals surface area (Å²) in [5, 5.41) is 0. The number of esters is 1. The maximum absolute atomic E-state index is 12.0. The Hall–Kier alpha value is -1.31. The zero-order valence-electron chi connectivity index (χ0n) is 9.70. The van der Waals surface area contributed by atoms with Crippen LogP contribution in [0.1, 0.15) is 19.3 Å². The Morgan fingerprint density at radius 3 is 2.22 bits per heavy atom. The first-order valence-electron chi connectivity index (χ1n) is 5.63. The van der Waals surface area contributed by atoms with Gasteiger partial charge in [0, 0.05) is 19.6 Å². The quantitative estimate of drug-likeness (QED) is 0.753. The summed E-state index contributed by atoms with van der Waals surface area (Å²) in [6.07, 6.45) is -4.13. The van der Waals surface area contributed by atoms with E-state index in [9.17, 15) is 22.8 Å². The third kappa shape index (κ3) is 3.86. The number of carbonyl (C=O) groups is 2. The first-order valence-corrected chi connectivity index (χ1v) is 5.63. The number of piperidine rings is 1. The van der Waals surface area contributed by atoms with Crippen LogP contribution in [0.25, 0.3) is 0 Å². The second-order valence-corrected chi connectivity index (χ2v) is 4.01. The summed E-state index contributed by atoms with van der Waals surface area (Å²) in [7, 11) is 0. The summed E-state index contributed by atoms with van der Waals surface area (Å²) in [6.45, 7) is 0.453. The summed E-state index contributed by atoms with van der Waals surface area (Å²) >= 11 is 0. The van der Waals surface area contributed by atoms with Gasteiger partial charge in [0.2, 0.25) is 0 Å². The van der Waals surface area contributed by atoms with Crippen molar-refractivity contribution in [1.82, 2.24) is 4.90 Å². The molecule has 1 unspecified atom stereocenters. The Morgan fingerprint density at radius 2 is 1.78 bits per heavy atom. The van der Waals surface area contributed by atoms with Crippen LogP contribution in [0.4, 0.5) is 13.2 Å². The van der Waals surface area contributed by atoms with Crippen LogP contribution in [-0.2, 0) is 14.3 Å². The number of amides is 1. The Labute approximate surface area is 102 Å². The number of carbonyl (C=O) groups excluding carboxylic acids is 2. The minimum Gasteiger partial charge on any atom is -0.444 e. The fourth-order valence-electron chi connectivity index (χ4n) is 1.71. The summed E-state index contributed by atoms with van der Waals surface area (Å²) in [5.74, 6) is -3.04. The molecule has 8 heteroatoms. The van der Waals surface area contributed by atoms with Crippen molar-refractivity contribution in [3.8, 4) is 0 Å². The van der Waals surface area contributed by atoms with Gasteiger partial charge in [-0.05, 0) is 19.3 Å². The molecule has 2 N–H and O–H groups in total. The summed E-state index contributed by atoms with van der Waals surface area (Å²) in [6, 6.07) is 0. The van der Waals surface area contributed by atoms with E-state index in [0.29, 0.717) is 13.1 Å². The molecular weight excluding hydrogens is 253 g/mol. The maximum atomic E-state index is 12.0. The summed E-state index contributed by atoms with van der Waals surface area (Å²) in [4.78, 5) is 23.8. The lowest BCUT2D eigenvalue weighted by Gasteiger charge is -2.29. The van der Waals surface area contributed by atoms with Crippen LogP contribution in [0.5, 0.6) is 0 Å². The van der Waals surface area contributed by atoms with Crippen LogP contribution in [0.15, 0.2) is 0 Å². The number of hydrogen-bond acceptors (Lipinski definition) is 4. The number of rotatable bonds is 3. The molecule has 1 heterocycles. The summed E-state index contributed by atoms with van der Waals surface area (Å²) in [5.41, 5.74) is 5.18. The molecule has 0 saturated carbocycles. The molecular formula is C10H15F3N2O3. The van der Waals surface area contributed by atoms with Gasteiger partial charge in [-0.2, -0.15) is 13.2 Å². The highest BCUT2D eigenvalue weighted by molar-refractivity contribution is 5.85. The van der Waals surface area contributed by atoms with Crippen molar-refractivity contribution in [3.05, 3.63) is 0 Å². The molecule has 1 saturated heterocycles. The molecule has 1 rings (SSSR count). The predicted octanol–water partition coefficient (Wildman–Crippen LogP) is 0.432. The highest BCUT2D eigenvalue weighted by Crippen LogP contribution is 2.18. The molecule has 18 heavy (non-hydrogen) atoms. The highest BCUT2D eigenvalue weighted by atomic mass is 19.4. The van der Waals surface area contributed by atoms with Gasteiger partial charge in [-0.25, -0.2) is 4.79 Å². The molecule has 1 atom stereocenters. The van der Waals surface area contributed by atoms with Crippen molar-refractivity contribution in [2.45, 2.75) is 31.5 Å². The average Bonchev–Trinajstić information content (AvgIpc) is 2.34. The monoisotopic (exact) mass is 268 g/mol. The van der Waals surface area contributed by atoms with Crippen LogP contribution in [0.3, 0.4) is 0 Å². The van der Waals surface area contributed by atoms with Crippen molar-refractivity contribution in [2.24, 2.45) is 5.73 Å². The third-order valence-corrected chi connectivity index (χ3v) is 2.64. The minimum atomic E-state index is -5.12. The average molecular weight is 268 g/mol. The number of nitrogens with zero attached hydrogens (tertiary/aromatic N) is 1. The number of nitrogens with two attached hydrogens (primary N) is 1. The largest absolute Gasteiger partial charge is 0.490 e. The van der Waals surface area contributed by atoms with Crippen LogP contribution in [-0.4, -0.2) is 48.7 Å². The number of halogens is 3. The molecule has 0 bridgehead atoms. The Morgan fingerprint density at radius 1 is 1.22 bits per heavy atom. The van der Waals surface area contributed by atoms with E-state index in [1.807, 2.05) is 0 Å².